The summed E-state index contributed by atoms with van der Waals surface area (Å²) < 4.78 is 7.10. The van der Waals surface area contributed by atoms with Crippen molar-refractivity contribution in [2.45, 2.75) is 49.6 Å². The molecule has 1 fully saturated rings. The molecule has 0 amide bonds. The zero-order valence-electron chi connectivity index (χ0n) is 17.3. The van der Waals surface area contributed by atoms with Crippen LogP contribution in [0.1, 0.15) is 54.6 Å². The van der Waals surface area contributed by atoms with E-state index in [4.69, 9.17) is 4.74 Å². The quantitative estimate of drug-likeness (QED) is 0.403. The molecule has 1 saturated carbocycles. The molecule has 1 aliphatic rings. The van der Waals surface area contributed by atoms with Gasteiger partial charge in [0.05, 0.1) is 12.7 Å². The molecule has 0 N–H and O–H groups in total. The predicted octanol–water partition coefficient (Wildman–Crippen LogP) is 5.17. The molecule has 0 unspecified atom stereocenters. The Kier molecular flexibility index (Phi) is 6.47. The summed E-state index contributed by atoms with van der Waals surface area (Å²) in [5.41, 5.74) is 2.68. The van der Waals surface area contributed by atoms with Crippen LogP contribution in [0.2, 0.25) is 0 Å². The Bertz CT molecular complexity index is 988. The van der Waals surface area contributed by atoms with Crippen LogP contribution in [0.4, 0.5) is 0 Å². The molecule has 156 valence electrons. The minimum atomic E-state index is -0.318. The van der Waals surface area contributed by atoms with Gasteiger partial charge in [-0.15, -0.1) is 10.2 Å². The molecule has 2 atom stereocenters. The molecule has 1 aromatic carbocycles. The Morgan fingerprint density at radius 2 is 1.97 bits per heavy atom. The van der Waals surface area contributed by atoms with E-state index in [0.29, 0.717) is 17.5 Å². The molecule has 3 aromatic rings. The highest BCUT2D eigenvalue weighted by Crippen LogP contribution is 2.39. The second kappa shape index (κ2) is 9.43. The van der Waals surface area contributed by atoms with Gasteiger partial charge in [0.1, 0.15) is 0 Å². The Labute approximate surface area is 181 Å². The largest absolute Gasteiger partial charge is 0.465 e. The van der Waals surface area contributed by atoms with Crippen molar-refractivity contribution in [1.29, 1.82) is 0 Å². The van der Waals surface area contributed by atoms with Crippen molar-refractivity contribution in [2.24, 2.45) is 5.92 Å². The lowest BCUT2D eigenvalue weighted by Gasteiger charge is -2.31. The number of hydrogen-bond donors (Lipinski definition) is 0. The number of rotatable bonds is 6. The molecule has 0 aliphatic heterocycles. The lowest BCUT2D eigenvalue weighted by Crippen LogP contribution is -2.22. The minimum Gasteiger partial charge on any atom is -0.465 e. The van der Waals surface area contributed by atoms with Crippen LogP contribution in [-0.2, 0) is 10.5 Å². The van der Waals surface area contributed by atoms with E-state index in [9.17, 15) is 4.79 Å². The molecular formula is C23H26N4O2S. The van der Waals surface area contributed by atoms with Gasteiger partial charge in [-0.2, -0.15) is 0 Å². The van der Waals surface area contributed by atoms with E-state index >= 15 is 0 Å². The summed E-state index contributed by atoms with van der Waals surface area (Å²) in [6.07, 6.45) is 8.53. The van der Waals surface area contributed by atoms with E-state index < -0.39 is 0 Å². The third-order valence-electron chi connectivity index (χ3n) is 5.73. The fraction of sp³-hybridized carbons (Fsp3) is 0.391. The summed E-state index contributed by atoms with van der Waals surface area (Å²) in [5, 5.41) is 10.0. The summed E-state index contributed by atoms with van der Waals surface area (Å²) in [6, 6.07) is 11.9. The number of benzene rings is 1. The van der Waals surface area contributed by atoms with Gasteiger partial charge < -0.3 is 4.74 Å². The highest BCUT2D eigenvalue weighted by atomic mass is 32.2. The number of methoxy groups -OCH3 is 1. The van der Waals surface area contributed by atoms with Crippen LogP contribution in [0.25, 0.3) is 11.4 Å². The van der Waals surface area contributed by atoms with Gasteiger partial charge in [0, 0.05) is 29.8 Å². The summed E-state index contributed by atoms with van der Waals surface area (Å²) in [4.78, 5) is 15.9. The molecule has 4 rings (SSSR count). The fourth-order valence-electron chi connectivity index (χ4n) is 4.05. The maximum absolute atomic E-state index is 11.6. The lowest BCUT2D eigenvalue weighted by atomic mass is 9.85. The van der Waals surface area contributed by atoms with Crippen LogP contribution in [0.3, 0.4) is 0 Å². The third-order valence-corrected chi connectivity index (χ3v) is 6.74. The second-order valence-corrected chi connectivity index (χ2v) is 8.67. The van der Waals surface area contributed by atoms with Gasteiger partial charge in [0.15, 0.2) is 11.0 Å². The number of ether oxygens (including phenoxy) is 1. The first-order chi connectivity index (χ1) is 14.7. The number of aromatic nitrogens is 4. The number of carbonyl (C=O) groups is 1. The minimum absolute atomic E-state index is 0.318. The van der Waals surface area contributed by atoms with Crippen molar-refractivity contribution >= 4 is 17.7 Å². The van der Waals surface area contributed by atoms with Gasteiger partial charge in [0.25, 0.3) is 0 Å². The van der Waals surface area contributed by atoms with E-state index in [0.717, 1.165) is 34.3 Å². The highest BCUT2D eigenvalue weighted by molar-refractivity contribution is 7.98. The lowest BCUT2D eigenvalue weighted by molar-refractivity contribution is 0.0600. The normalized spacial score (nSPS) is 18.9. The maximum atomic E-state index is 11.6. The summed E-state index contributed by atoms with van der Waals surface area (Å²) in [7, 11) is 1.39. The summed E-state index contributed by atoms with van der Waals surface area (Å²) in [6.45, 7) is 2.33. The van der Waals surface area contributed by atoms with Crippen LogP contribution >= 0.6 is 11.8 Å². The molecule has 0 saturated heterocycles. The molecule has 2 aromatic heterocycles. The zero-order valence-corrected chi connectivity index (χ0v) is 18.1. The number of pyridine rings is 1. The van der Waals surface area contributed by atoms with Crippen LogP contribution in [0, 0.1) is 5.92 Å². The number of esters is 1. The Morgan fingerprint density at radius 3 is 2.67 bits per heavy atom. The van der Waals surface area contributed by atoms with Crippen molar-refractivity contribution in [3.05, 3.63) is 59.9 Å². The van der Waals surface area contributed by atoms with Crippen molar-refractivity contribution in [2.75, 3.05) is 7.11 Å². The Hall–Kier alpha value is -2.67. The third kappa shape index (κ3) is 4.41. The smallest absolute Gasteiger partial charge is 0.337 e. The van der Waals surface area contributed by atoms with Gasteiger partial charge in [-0.25, -0.2) is 4.79 Å². The van der Waals surface area contributed by atoms with Crippen LogP contribution in [0.15, 0.2) is 53.9 Å². The number of thioether (sulfide) groups is 1. The molecule has 6 nitrogen and oxygen atoms in total. The molecule has 0 radical (unpaired) electrons. The maximum Gasteiger partial charge on any atom is 0.337 e. The monoisotopic (exact) mass is 422 g/mol. The van der Waals surface area contributed by atoms with E-state index in [1.807, 2.05) is 30.5 Å². The van der Waals surface area contributed by atoms with E-state index in [-0.39, 0.29) is 5.97 Å². The Morgan fingerprint density at radius 1 is 1.17 bits per heavy atom. The van der Waals surface area contributed by atoms with Gasteiger partial charge in [-0.05, 0) is 48.6 Å². The van der Waals surface area contributed by atoms with Crippen molar-refractivity contribution in [1.82, 2.24) is 19.7 Å². The molecule has 1 aliphatic carbocycles. The average molecular weight is 423 g/mol. The second-order valence-electron chi connectivity index (χ2n) is 7.72. The van der Waals surface area contributed by atoms with Gasteiger partial charge in [-0.3, -0.25) is 9.55 Å². The number of carbonyl (C=O) groups excluding carboxylic acids is 1. The molecule has 2 heterocycles. The molecule has 0 bridgehead atoms. The van der Waals surface area contributed by atoms with Crippen molar-refractivity contribution in [3.63, 3.8) is 0 Å². The molecule has 0 spiro atoms. The van der Waals surface area contributed by atoms with Crippen molar-refractivity contribution in [3.8, 4) is 11.4 Å². The predicted molar refractivity (Wildman–Crippen MR) is 117 cm³/mol. The topological polar surface area (TPSA) is 69.9 Å². The average Bonchev–Trinajstić information content (AvgIpc) is 3.22. The zero-order chi connectivity index (χ0) is 20.9. The summed E-state index contributed by atoms with van der Waals surface area (Å²) >= 11 is 1.68. The van der Waals surface area contributed by atoms with Crippen molar-refractivity contribution < 1.29 is 9.53 Å². The molecule has 7 heteroatoms. The van der Waals surface area contributed by atoms with E-state index in [1.54, 1.807) is 30.1 Å². The van der Waals surface area contributed by atoms with Gasteiger partial charge in [0.2, 0.25) is 0 Å². The van der Waals surface area contributed by atoms with Gasteiger partial charge in [-0.1, -0.05) is 43.7 Å². The first-order valence-electron chi connectivity index (χ1n) is 10.3. The molecule has 30 heavy (non-hydrogen) atoms. The van der Waals surface area contributed by atoms with Gasteiger partial charge >= 0.3 is 5.97 Å². The van der Waals surface area contributed by atoms with E-state index in [2.05, 4.69) is 26.7 Å². The van der Waals surface area contributed by atoms with Crippen LogP contribution < -0.4 is 0 Å². The first kappa shape index (κ1) is 20.6. The number of hydrogen-bond acceptors (Lipinski definition) is 6. The first-order valence-corrected chi connectivity index (χ1v) is 11.3. The fourth-order valence-corrected chi connectivity index (χ4v) is 5.00. The summed E-state index contributed by atoms with van der Waals surface area (Å²) in [5.74, 6) is 1.92. The van der Waals surface area contributed by atoms with Crippen LogP contribution in [0.5, 0.6) is 0 Å². The van der Waals surface area contributed by atoms with Crippen LogP contribution in [-0.4, -0.2) is 32.8 Å². The SMILES string of the molecule is COC(=O)c1ccc(CSc2nnc(-c3cccnc3)n2[C@@H]2CCCC[C@H]2C)cc1. The number of nitrogens with zero attached hydrogens (tertiary/aromatic N) is 4. The highest BCUT2D eigenvalue weighted by Gasteiger charge is 2.28. The molecular weight excluding hydrogens is 396 g/mol. The van der Waals surface area contributed by atoms with E-state index in [1.165, 1.54) is 26.4 Å². The standard InChI is InChI=1S/C23H26N4O2S/c1-16-6-3-4-8-20(16)27-21(19-7-5-13-24-14-19)25-26-23(27)30-15-17-9-11-18(12-10-17)22(28)29-2/h5,7,9-14,16,20H,3-4,6,8,15H2,1-2H3/t16-,20-/m1/s1. The Balaban J connectivity index is 1.60.